The first-order valence-corrected chi connectivity index (χ1v) is 5.51. The van der Waals surface area contributed by atoms with Gasteiger partial charge in [-0.05, 0) is 25.1 Å². The molecule has 0 aromatic heterocycles. The topological polar surface area (TPSA) is 66.5 Å². The van der Waals surface area contributed by atoms with Gasteiger partial charge in [0.1, 0.15) is 5.78 Å². The van der Waals surface area contributed by atoms with Crippen LogP contribution in [0.3, 0.4) is 0 Å². The molecule has 2 amide bonds. The van der Waals surface area contributed by atoms with E-state index in [1.165, 1.54) is 11.8 Å². The van der Waals surface area contributed by atoms with Gasteiger partial charge in [0.05, 0.1) is 6.42 Å². The third-order valence-corrected chi connectivity index (χ3v) is 2.21. The first-order valence-electron chi connectivity index (χ1n) is 5.51. The van der Waals surface area contributed by atoms with Crippen molar-refractivity contribution in [2.75, 3.05) is 19.4 Å². The number of nitrogens with one attached hydrogen (secondary N) is 1. The van der Waals surface area contributed by atoms with E-state index in [1.54, 1.807) is 38.4 Å². The van der Waals surface area contributed by atoms with E-state index in [0.717, 1.165) is 0 Å². The largest absolute Gasteiger partial charge is 0.345 e. The summed E-state index contributed by atoms with van der Waals surface area (Å²) in [7, 11) is 3.31. The summed E-state index contributed by atoms with van der Waals surface area (Å²) in [4.78, 5) is 35.4. The number of amides is 2. The predicted octanol–water partition coefficient (Wildman–Crippen LogP) is 1.31. The highest BCUT2D eigenvalue weighted by Crippen LogP contribution is 2.12. The maximum absolute atomic E-state index is 11.7. The van der Waals surface area contributed by atoms with E-state index < -0.39 is 0 Å². The molecule has 1 aromatic carbocycles. The summed E-state index contributed by atoms with van der Waals surface area (Å²) in [5, 5.41) is 2.58. The summed E-state index contributed by atoms with van der Waals surface area (Å²) in [5.74, 6) is -0.720. The Hall–Kier alpha value is -2.17. The highest BCUT2D eigenvalue weighted by Gasteiger charge is 2.10. The summed E-state index contributed by atoms with van der Waals surface area (Å²) < 4.78 is 0. The Kier molecular flexibility index (Phi) is 4.59. The lowest BCUT2D eigenvalue weighted by Crippen LogP contribution is -2.22. The quantitative estimate of drug-likeness (QED) is 0.817. The smallest absolute Gasteiger partial charge is 0.253 e. The van der Waals surface area contributed by atoms with Gasteiger partial charge in [0.15, 0.2) is 0 Å². The van der Waals surface area contributed by atoms with Crippen molar-refractivity contribution in [1.29, 1.82) is 0 Å². The second kappa shape index (κ2) is 5.95. The number of benzene rings is 1. The van der Waals surface area contributed by atoms with Crippen LogP contribution in [-0.4, -0.2) is 36.6 Å². The molecule has 0 atom stereocenters. The first-order chi connectivity index (χ1) is 8.40. The molecule has 5 heteroatoms. The molecule has 0 aliphatic heterocycles. The van der Waals surface area contributed by atoms with Crippen LogP contribution in [0.25, 0.3) is 0 Å². The Morgan fingerprint density at radius 3 is 2.44 bits per heavy atom. The van der Waals surface area contributed by atoms with E-state index in [9.17, 15) is 14.4 Å². The van der Waals surface area contributed by atoms with Crippen LogP contribution in [-0.2, 0) is 9.59 Å². The minimum atomic E-state index is -0.378. The van der Waals surface area contributed by atoms with Crippen LogP contribution < -0.4 is 5.32 Å². The molecule has 0 radical (unpaired) electrons. The number of Topliss-reactive ketones (excluding diaryl/α,β-unsaturated/α-hetero) is 1. The number of anilines is 1. The zero-order valence-corrected chi connectivity index (χ0v) is 10.7. The van der Waals surface area contributed by atoms with Gasteiger partial charge in [-0.25, -0.2) is 0 Å². The molecule has 1 N–H and O–H groups in total. The fourth-order valence-corrected chi connectivity index (χ4v) is 1.42. The number of carbonyl (C=O) groups excluding carboxylic acids is 3. The highest BCUT2D eigenvalue weighted by atomic mass is 16.2. The average Bonchev–Trinajstić information content (AvgIpc) is 2.26. The van der Waals surface area contributed by atoms with Gasteiger partial charge < -0.3 is 10.2 Å². The Morgan fingerprint density at radius 2 is 1.89 bits per heavy atom. The van der Waals surface area contributed by atoms with Crippen molar-refractivity contribution in [3.63, 3.8) is 0 Å². The Labute approximate surface area is 106 Å². The molecule has 0 spiro atoms. The van der Waals surface area contributed by atoms with Gasteiger partial charge in [-0.15, -0.1) is 0 Å². The Bertz CT molecular complexity index is 481. The number of rotatable bonds is 4. The highest BCUT2D eigenvalue weighted by molar-refractivity contribution is 6.04. The lowest BCUT2D eigenvalue weighted by molar-refractivity contribution is -0.124. The normalized spacial score (nSPS) is 9.72. The fraction of sp³-hybridized carbons (Fsp3) is 0.308. The first kappa shape index (κ1) is 13.9. The van der Waals surface area contributed by atoms with Gasteiger partial charge in [-0.1, -0.05) is 6.07 Å². The number of ketones is 1. The summed E-state index contributed by atoms with van der Waals surface area (Å²) in [6.45, 7) is 1.35. The fourth-order valence-electron chi connectivity index (χ4n) is 1.42. The monoisotopic (exact) mass is 248 g/mol. The zero-order valence-electron chi connectivity index (χ0n) is 10.7. The molecule has 18 heavy (non-hydrogen) atoms. The van der Waals surface area contributed by atoms with E-state index >= 15 is 0 Å². The van der Waals surface area contributed by atoms with Crippen LogP contribution >= 0.6 is 0 Å². The maximum atomic E-state index is 11.7. The van der Waals surface area contributed by atoms with Crippen LogP contribution in [0.2, 0.25) is 0 Å². The molecular formula is C13H16N2O3. The second-order valence-electron chi connectivity index (χ2n) is 4.21. The molecular weight excluding hydrogens is 232 g/mol. The van der Waals surface area contributed by atoms with E-state index in [2.05, 4.69) is 5.32 Å². The van der Waals surface area contributed by atoms with Crippen molar-refractivity contribution in [2.24, 2.45) is 0 Å². The molecule has 5 nitrogen and oxygen atoms in total. The number of hydrogen-bond donors (Lipinski definition) is 1. The van der Waals surface area contributed by atoms with E-state index in [-0.39, 0.29) is 24.0 Å². The summed E-state index contributed by atoms with van der Waals surface area (Å²) >= 11 is 0. The van der Waals surface area contributed by atoms with Crippen LogP contribution in [0.5, 0.6) is 0 Å². The van der Waals surface area contributed by atoms with Gasteiger partial charge in [0, 0.05) is 25.3 Å². The van der Waals surface area contributed by atoms with E-state index in [0.29, 0.717) is 11.3 Å². The molecule has 0 bridgehead atoms. The number of nitrogens with zero attached hydrogens (tertiary/aromatic N) is 1. The van der Waals surface area contributed by atoms with Crippen molar-refractivity contribution >= 4 is 23.3 Å². The van der Waals surface area contributed by atoms with Gasteiger partial charge in [-0.2, -0.15) is 0 Å². The van der Waals surface area contributed by atoms with Crippen molar-refractivity contribution in [1.82, 2.24) is 4.90 Å². The summed E-state index contributed by atoms with van der Waals surface area (Å²) in [5.41, 5.74) is 0.995. The molecule has 0 unspecified atom stereocenters. The van der Waals surface area contributed by atoms with Crippen LogP contribution in [0.4, 0.5) is 5.69 Å². The van der Waals surface area contributed by atoms with Crippen molar-refractivity contribution in [2.45, 2.75) is 13.3 Å². The minimum absolute atomic E-state index is 0.141. The molecule has 0 saturated carbocycles. The molecule has 0 aliphatic carbocycles. The molecule has 0 saturated heterocycles. The summed E-state index contributed by atoms with van der Waals surface area (Å²) in [6.07, 6.45) is -0.161. The van der Waals surface area contributed by atoms with Crippen molar-refractivity contribution < 1.29 is 14.4 Å². The lowest BCUT2D eigenvalue weighted by Gasteiger charge is -2.11. The van der Waals surface area contributed by atoms with Gasteiger partial charge in [0.2, 0.25) is 5.91 Å². The SMILES string of the molecule is CC(=O)CC(=O)Nc1cccc(C(=O)N(C)C)c1. The van der Waals surface area contributed by atoms with Gasteiger partial charge in [-0.3, -0.25) is 14.4 Å². The maximum Gasteiger partial charge on any atom is 0.253 e. The minimum Gasteiger partial charge on any atom is -0.345 e. The second-order valence-corrected chi connectivity index (χ2v) is 4.21. The molecule has 0 fully saturated rings. The summed E-state index contributed by atoms with van der Waals surface area (Å²) in [6, 6.07) is 6.61. The average molecular weight is 248 g/mol. The molecule has 1 rings (SSSR count). The lowest BCUT2D eigenvalue weighted by atomic mass is 10.1. The Balaban J connectivity index is 2.80. The van der Waals surface area contributed by atoms with Gasteiger partial charge >= 0.3 is 0 Å². The van der Waals surface area contributed by atoms with Crippen molar-refractivity contribution in [3.8, 4) is 0 Å². The van der Waals surface area contributed by atoms with E-state index in [4.69, 9.17) is 0 Å². The standard InChI is InChI=1S/C13H16N2O3/c1-9(16)7-12(17)14-11-6-4-5-10(8-11)13(18)15(2)3/h4-6,8H,7H2,1-3H3,(H,14,17). The van der Waals surface area contributed by atoms with Crippen LogP contribution in [0.15, 0.2) is 24.3 Å². The zero-order chi connectivity index (χ0) is 13.7. The molecule has 96 valence electrons. The Morgan fingerprint density at radius 1 is 1.22 bits per heavy atom. The van der Waals surface area contributed by atoms with E-state index in [1.807, 2.05) is 0 Å². The molecule has 0 heterocycles. The molecule has 0 aliphatic rings. The third-order valence-electron chi connectivity index (χ3n) is 2.21. The number of carbonyl (C=O) groups is 3. The van der Waals surface area contributed by atoms with Gasteiger partial charge in [0.25, 0.3) is 5.91 Å². The third kappa shape index (κ3) is 4.01. The van der Waals surface area contributed by atoms with Crippen LogP contribution in [0.1, 0.15) is 23.7 Å². The number of hydrogen-bond acceptors (Lipinski definition) is 3. The molecule has 1 aromatic rings. The van der Waals surface area contributed by atoms with Crippen LogP contribution in [0, 0.1) is 0 Å². The predicted molar refractivity (Wildman–Crippen MR) is 68.4 cm³/mol. The van der Waals surface area contributed by atoms with Crippen molar-refractivity contribution in [3.05, 3.63) is 29.8 Å².